The van der Waals surface area contributed by atoms with Crippen LogP contribution < -0.4 is 11.1 Å². The monoisotopic (exact) mass is 244 g/mol. The number of benzene rings is 1. The molecular weight excluding hydrogens is 228 g/mol. The number of aromatic nitrogens is 2. The highest BCUT2D eigenvalue weighted by molar-refractivity contribution is 5.92. The highest BCUT2D eigenvalue weighted by Crippen LogP contribution is 2.20. The molecule has 0 radical (unpaired) electrons. The average molecular weight is 244 g/mol. The van der Waals surface area contributed by atoms with Crippen molar-refractivity contribution in [3.63, 3.8) is 0 Å². The fourth-order valence-electron chi connectivity index (χ4n) is 1.78. The zero-order chi connectivity index (χ0) is 13.0. The van der Waals surface area contributed by atoms with E-state index in [1.165, 1.54) is 0 Å². The van der Waals surface area contributed by atoms with E-state index in [9.17, 15) is 4.79 Å². The van der Waals surface area contributed by atoms with E-state index in [0.717, 1.165) is 17.3 Å². The number of anilines is 2. The number of rotatable bonds is 5. The number of Topliss-reactive ketones (excluding diaryl/α,β-unsaturated/α-hetero) is 1. The van der Waals surface area contributed by atoms with Crippen molar-refractivity contribution in [1.82, 2.24) is 9.97 Å². The summed E-state index contributed by atoms with van der Waals surface area (Å²) in [6.07, 6.45) is 1.43. The van der Waals surface area contributed by atoms with E-state index in [1.807, 2.05) is 31.2 Å². The topological polar surface area (TPSA) is 80.9 Å². The Morgan fingerprint density at radius 2 is 2.11 bits per heavy atom. The maximum absolute atomic E-state index is 11.5. The van der Waals surface area contributed by atoms with Crippen LogP contribution in [0.5, 0.6) is 0 Å². The number of nitrogens with zero attached hydrogens (tertiary/aromatic N) is 2. The predicted molar refractivity (Wildman–Crippen MR) is 72.4 cm³/mol. The van der Waals surface area contributed by atoms with Crippen molar-refractivity contribution in [2.45, 2.75) is 19.8 Å². The second kappa shape index (κ2) is 5.44. The summed E-state index contributed by atoms with van der Waals surface area (Å²) in [7, 11) is 0. The van der Waals surface area contributed by atoms with Gasteiger partial charge in [-0.2, -0.15) is 4.98 Å². The molecule has 18 heavy (non-hydrogen) atoms. The van der Waals surface area contributed by atoms with Crippen molar-refractivity contribution in [2.75, 3.05) is 17.6 Å². The molecule has 5 nitrogen and oxygen atoms in total. The molecule has 0 aliphatic carbocycles. The molecule has 2 aromatic rings. The van der Waals surface area contributed by atoms with E-state index in [0.29, 0.717) is 12.2 Å². The third-order valence-corrected chi connectivity index (χ3v) is 2.60. The minimum atomic E-state index is 0.166. The standard InChI is InChI=1S/C13H16N4O/c1-2-5-9(18)8-15-12-10-6-3-4-7-11(10)16-13(14)17-12/h3-4,6-7H,2,5,8H2,1H3,(H3,14,15,16,17). The summed E-state index contributed by atoms with van der Waals surface area (Å²) in [6, 6.07) is 7.57. The average Bonchev–Trinajstić information content (AvgIpc) is 2.36. The molecular formula is C13H16N4O. The highest BCUT2D eigenvalue weighted by atomic mass is 16.1. The van der Waals surface area contributed by atoms with Crippen LogP contribution in [0.25, 0.3) is 10.9 Å². The lowest BCUT2D eigenvalue weighted by molar-refractivity contribution is -0.117. The zero-order valence-corrected chi connectivity index (χ0v) is 10.3. The molecule has 0 aliphatic rings. The molecule has 2 rings (SSSR count). The van der Waals surface area contributed by atoms with Gasteiger partial charge < -0.3 is 11.1 Å². The Morgan fingerprint density at radius 1 is 1.33 bits per heavy atom. The van der Waals surface area contributed by atoms with Crippen LogP contribution in [-0.4, -0.2) is 22.3 Å². The lowest BCUT2D eigenvalue weighted by atomic mass is 10.2. The van der Waals surface area contributed by atoms with Crippen LogP contribution in [0.1, 0.15) is 19.8 Å². The van der Waals surface area contributed by atoms with E-state index >= 15 is 0 Å². The first-order valence-corrected chi connectivity index (χ1v) is 5.98. The molecule has 1 aromatic carbocycles. The van der Waals surface area contributed by atoms with Crippen LogP contribution in [0, 0.1) is 0 Å². The Kier molecular flexibility index (Phi) is 3.72. The van der Waals surface area contributed by atoms with Crippen LogP contribution in [-0.2, 0) is 4.79 Å². The Hall–Kier alpha value is -2.17. The van der Waals surface area contributed by atoms with Gasteiger partial charge in [0.15, 0.2) is 5.78 Å². The minimum absolute atomic E-state index is 0.166. The number of ketones is 1. The number of nitrogens with two attached hydrogens (primary N) is 1. The van der Waals surface area contributed by atoms with Crippen LogP contribution in [0.15, 0.2) is 24.3 Å². The van der Waals surface area contributed by atoms with Crippen molar-refractivity contribution in [3.05, 3.63) is 24.3 Å². The summed E-state index contributed by atoms with van der Waals surface area (Å²) in [6.45, 7) is 2.25. The van der Waals surface area contributed by atoms with Gasteiger partial charge in [0.25, 0.3) is 0 Å². The zero-order valence-electron chi connectivity index (χ0n) is 10.3. The smallest absolute Gasteiger partial charge is 0.222 e. The highest BCUT2D eigenvalue weighted by Gasteiger charge is 2.07. The van der Waals surface area contributed by atoms with Crippen molar-refractivity contribution in [3.8, 4) is 0 Å². The summed E-state index contributed by atoms with van der Waals surface area (Å²) >= 11 is 0. The number of nitrogens with one attached hydrogen (secondary N) is 1. The van der Waals surface area contributed by atoms with E-state index in [2.05, 4.69) is 15.3 Å². The molecule has 0 saturated carbocycles. The molecule has 0 atom stereocenters. The SMILES string of the molecule is CCCC(=O)CNc1nc(N)nc2ccccc12. The first-order valence-electron chi connectivity index (χ1n) is 5.98. The van der Waals surface area contributed by atoms with E-state index in [1.54, 1.807) is 0 Å². The van der Waals surface area contributed by atoms with Crippen LogP contribution in [0.2, 0.25) is 0 Å². The first-order chi connectivity index (χ1) is 8.70. The Bertz CT molecular complexity index is 568. The second-order valence-corrected chi connectivity index (χ2v) is 4.09. The summed E-state index contributed by atoms with van der Waals surface area (Å²) < 4.78 is 0. The lowest BCUT2D eigenvalue weighted by Gasteiger charge is -2.08. The summed E-state index contributed by atoms with van der Waals surface area (Å²) in [4.78, 5) is 19.8. The van der Waals surface area contributed by atoms with Gasteiger partial charge in [-0.25, -0.2) is 4.98 Å². The van der Waals surface area contributed by atoms with Gasteiger partial charge in [0.2, 0.25) is 5.95 Å². The van der Waals surface area contributed by atoms with Gasteiger partial charge in [0, 0.05) is 11.8 Å². The van der Waals surface area contributed by atoms with Gasteiger partial charge >= 0.3 is 0 Å². The van der Waals surface area contributed by atoms with Gasteiger partial charge in [0.1, 0.15) is 5.82 Å². The summed E-state index contributed by atoms with van der Waals surface area (Å²) in [5.41, 5.74) is 6.42. The number of nitrogen functional groups attached to an aromatic ring is 1. The first kappa shape index (κ1) is 12.3. The third-order valence-electron chi connectivity index (χ3n) is 2.60. The summed E-state index contributed by atoms with van der Waals surface area (Å²) in [5, 5.41) is 3.90. The summed E-state index contributed by atoms with van der Waals surface area (Å²) in [5.74, 6) is 0.987. The molecule has 0 fully saturated rings. The maximum Gasteiger partial charge on any atom is 0.222 e. The van der Waals surface area contributed by atoms with Crippen LogP contribution in [0.3, 0.4) is 0 Å². The quantitative estimate of drug-likeness (QED) is 0.840. The molecule has 94 valence electrons. The van der Waals surface area contributed by atoms with Crippen molar-refractivity contribution >= 4 is 28.5 Å². The molecule has 0 spiro atoms. The molecule has 3 N–H and O–H groups in total. The van der Waals surface area contributed by atoms with Crippen molar-refractivity contribution in [2.24, 2.45) is 0 Å². The molecule has 5 heteroatoms. The van der Waals surface area contributed by atoms with Crippen molar-refractivity contribution in [1.29, 1.82) is 0 Å². The van der Waals surface area contributed by atoms with E-state index in [-0.39, 0.29) is 18.3 Å². The maximum atomic E-state index is 11.5. The van der Waals surface area contributed by atoms with Gasteiger partial charge in [-0.05, 0) is 18.6 Å². The van der Waals surface area contributed by atoms with Crippen molar-refractivity contribution < 1.29 is 4.79 Å². The number of carbonyl (C=O) groups excluding carboxylic acids is 1. The number of hydrogen-bond acceptors (Lipinski definition) is 5. The number of para-hydroxylation sites is 1. The minimum Gasteiger partial charge on any atom is -0.368 e. The number of fused-ring (bicyclic) bond motifs is 1. The predicted octanol–water partition coefficient (Wildman–Crippen LogP) is 1.99. The molecule has 0 saturated heterocycles. The van der Waals surface area contributed by atoms with Gasteiger partial charge in [-0.15, -0.1) is 0 Å². The van der Waals surface area contributed by atoms with Gasteiger partial charge in [-0.1, -0.05) is 19.1 Å². The Balaban J connectivity index is 2.24. The molecule has 0 bridgehead atoms. The van der Waals surface area contributed by atoms with Crippen LogP contribution >= 0.6 is 0 Å². The largest absolute Gasteiger partial charge is 0.368 e. The Morgan fingerprint density at radius 3 is 2.89 bits per heavy atom. The van der Waals surface area contributed by atoms with Crippen LogP contribution in [0.4, 0.5) is 11.8 Å². The number of hydrogen-bond donors (Lipinski definition) is 2. The Labute approximate surface area is 105 Å². The lowest BCUT2D eigenvalue weighted by Crippen LogP contribution is -2.15. The second-order valence-electron chi connectivity index (χ2n) is 4.09. The molecule has 0 amide bonds. The number of carbonyl (C=O) groups is 1. The van der Waals surface area contributed by atoms with Gasteiger partial charge in [-0.3, -0.25) is 4.79 Å². The molecule has 0 aliphatic heterocycles. The van der Waals surface area contributed by atoms with E-state index in [4.69, 9.17) is 5.73 Å². The molecule has 0 unspecified atom stereocenters. The molecule has 1 heterocycles. The fraction of sp³-hybridized carbons (Fsp3) is 0.308. The van der Waals surface area contributed by atoms with E-state index < -0.39 is 0 Å². The molecule has 1 aromatic heterocycles. The fourth-order valence-corrected chi connectivity index (χ4v) is 1.78. The van der Waals surface area contributed by atoms with Gasteiger partial charge in [0.05, 0.1) is 12.1 Å². The normalized spacial score (nSPS) is 10.5. The third kappa shape index (κ3) is 2.74.